The zero-order chi connectivity index (χ0) is 13.7. The second-order valence-electron chi connectivity index (χ2n) is 5.25. The number of aliphatic hydroxyl groups excluding tert-OH is 2. The van der Waals surface area contributed by atoms with E-state index in [4.69, 9.17) is 0 Å². The largest absolute Gasteiger partial charge is 0.386 e. The number of aliphatic hydroxyl groups is 2. The van der Waals surface area contributed by atoms with Gasteiger partial charge in [-0.1, -0.05) is 60.7 Å². The zero-order valence-corrected chi connectivity index (χ0v) is 10.8. The molecular weight excluding hydrogens is 248 g/mol. The SMILES string of the molecule is O[C@H]1C=Cc2c(ccc3ccc4ccccc4c23)[C@@H]1O. The minimum Gasteiger partial charge on any atom is -0.386 e. The number of benzene rings is 3. The summed E-state index contributed by atoms with van der Waals surface area (Å²) in [6, 6.07) is 16.4. The van der Waals surface area contributed by atoms with Gasteiger partial charge in [0.15, 0.2) is 0 Å². The lowest BCUT2D eigenvalue weighted by atomic mass is 9.87. The third-order valence-electron chi connectivity index (χ3n) is 4.09. The second kappa shape index (κ2) is 4.17. The highest BCUT2D eigenvalue weighted by atomic mass is 16.3. The van der Waals surface area contributed by atoms with Gasteiger partial charge >= 0.3 is 0 Å². The molecule has 0 spiro atoms. The Morgan fingerprint density at radius 1 is 0.800 bits per heavy atom. The van der Waals surface area contributed by atoms with Gasteiger partial charge in [0.2, 0.25) is 0 Å². The lowest BCUT2D eigenvalue weighted by Gasteiger charge is -2.23. The van der Waals surface area contributed by atoms with Gasteiger partial charge in [0.1, 0.15) is 12.2 Å². The normalized spacial score (nSPS) is 21.3. The highest BCUT2D eigenvalue weighted by Gasteiger charge is 2.23. The topological polar surface area (TPSA) is 40.5 Å². The fourth-order valence-corrected chi connectivity index (χ4v) is 3.06. The first-order valence-electron chi connectivity index (χ1n) is 6.74. The van der Waals surface area contributed by atoms with Crippen molar-refractivity contribution in [3.63, 3.8) is 0 Å². The van der Waals surface area contributed by atoms with Crippen LogP contribution in [0.15, 0.2) is 54.6 Å². The van der Waals surface area contributed by atoms with Gasteiger partial charge in [-0.25, -0.2) is 0 Å². The lowest BCUT2D eigenvalue weighted by molar-refractivity contribution is 0.0471. The fraction of sp³-hybridized carbons (Fsp3) is 0.111. The summed E-state index contributed by atoms with van der Waals surface area (Å²) in [5, 5.41) is 24.6. The van der Waals surface area contributed by atoms with Gasteiger partial charge in [0, 0.05) is 0 Å². The molecule has 0 unspecified atom stereocenters. The summed E-state index contributed by atoms with van der Waals surface area (Å²) in [5.41, 5.74) is 1.81. The Hall–Kier alpha value is -2.16. The first-order chi connectivity index (χ1) is 9.75. The molecule has 0 radical (unpaired) electrons. The van der Waals surface area contributed by atoms with Gasteiger partial charge in [-0.15, -0.1) is 0 Å². The van der Waals surface area contributed by atoms with E-state index in [9.17, 15) is 10.2 Å². The molecule has 3 aromatic carbocycles. The minimum atomic E-state index is -0.849. The van der Waals surface area contributed by atoms with Crippen molar-refractivity contribution in [3.05, 3.63) is 65.7 Å². The van der Waals surface area contributed by atoms with Crippen molar-refractivity contribution in [2.75, 3.05) is 0 Å². The standard InChI is InChI=1S/C18H14O2/c19-16-10-9-14-15(18(16)20)8-7-12-6-5-11-3-1-2-4-13(11)17(12)14/h1-10,16,18-20H/t16-,18-/m0/s1. The van der Waals surface area contributed by atoms with Crippen molar-refractivity contribution >= 4 is 27.6 Å². The molecule has 98 valence electrons. The zero-order valence-electron chi connectivity index (χ0n) is 10.8. The van der Waals surface area contributed by atoms with Gasteiger partial charge < -0.3 is 10.2 Å². The predicted octanol–water partition coefficient (Wildman–Crippen LogP) is 3.41. The maximum atomic E-state index is 10.2. The summed E-state index contributed by atoms with van der Waals surface area (Å²) >= 11 is 0. The number of hydrogen-bond donors (Lipinski definition) is 2. The summed E-state index contributed by atoms with van der Waals surface area (Å²) < 4.78 is 0. The molecule has 20 heavy (non-hydrogen) atoms. The van der Waals surface area contributed by atoms with E-state index in [1.807, 2.05) is 30.3 Å². The molecule has 2 nitrogen and oxygen atoms in total. The third kappa shape index (κ3) is 1.52. The molecule has 1 aliphatic carbocycles. The van der Waals surface area contributed by atoms with E-state index in [0.717, 1.165) is 21.9 Å². The molecule has 0 amide bonds. The maximum absolute atomic E-state index is 10.2. The van der Waals surface area contributed by atoms with Crippen LogP contribution in [-0.4, -0.2) is 16.3 Å². The number of fused-ring (bicyclic) bond motifs is 5. The van der Waals surface area contributed by atoms with E-state index < -0.39 is 12.2 Å². The fourth-order valence-electron chi connectivity index (χ4n) is 3.06. The highest BCUT2D eigenvalue weighted by Crippen LogP contribution is 2.36. The van der Waals surface area contributed by atoms with Crippen LogP contribution in [-0.2, 0) is 0 Å². The number of hydrogen-bond acceptors (Lipinski definition) is 2. The molecule has 0 heterocycles. The van der Waals surface area contributed by atoms with Crippen LogP contribution in [0.2, 0.25) is 0 Å². The molecule has 0 saturated heterocycles. The van der Waals surface area contributed by atoms with Crippen LogP contribution in [0.3, 0.4) is 0 Å². The summed E-state index contributed by atoms with van der Waals surface area (Å²) in [7, 11) is 0. The van der Waals surface area contributed by atoms with Crippen LogP contribution in [0.4, 0.5) is 0 Å². The Labute approximate surface area is 116 Å². The van der Waals surface area contributed by atoms with E-state index in [0.29, 0.717) is 0 Å². The van der Waals surface area contributed by atoms with Crippen LogP contribution in [0.5, 0.6) is 0 Å². The molecule has 2 N–H and O–H groups in total. The highest BCUT2D eigenvalue weighted by molar-refractivity contribution is 6.11. The van der Waals surface area contributed by atoms with Crippen LogP contribution >= 0.6 is 0 Å². The Morgan fingerprint density at radius 2 is 1.55 bits per heavy atom. The molecule has 0 aliphatic heterocycles. The quantitative estimate of drug-likeness (QED) is 0.609. The number of rotatable bonds is 0. The van der Waals surface area contributed by atoms with Crippen molar-refractivity contribution in [2.24, 2.45) is 0 Å². The molecule has 3 aromatic rings. The summed E-state index contributed by atoms with van der Waals surface area (Å²) in [4.78, 5) is 0. The summed E-state index contributed by atoms with van der Waals surface area (Å²) in [6.45, 7) is 0. The Kier molecular flexibility index (Phi) is 2.43. The molecule has 0 aromatic heterocycles. The van der Waals surface area contributed by atoms with Gasteiger partial charge in [-0.05, 0) is 32.7 Å². The van der Waals surface area contributed by atoms with Crippen molar-refractivity contribution in [1.82, 2.24) is 0 Å². The molecule has 0 fully saturated rings. The Morgan fingerprint density at radius 3 is 2.45 bits per heavy atom. The molecule has 2 heteroatoms. The van der Waals surface area contributed by atoms with Gasteiger partial charge in [-0.2, -0.15) is 0 Å². The van der Waals surface area contributed by atoms with Crippen LogP contribution < -0.4 is 0 Å². The first kappa shape index (κ1) is 11.6. The summed E-state index contributed by atoms with van der Waals surface area (Å²) in [5.74, 6) is 0. The van der Waals surface area contributed by atoms with Gasteiger partial charge in [0.05, 0.1) is 0 Å². The van der Waals surface area contributed by atoms with E-state index in [2.05, 4.69) is 24.3 Å². The van der Waals surface area contributed by atoms with Crippen LogP contribution in [0.1, 0.15) is 17.2 Å². The molecular formula is C18H14O2. The van der Waals surface area contributed by atoms with E-state index in [-0.39, 0.29) is 0 Å². The van der Waals surface area contributed by atoms with E-state index in [1.165, 1.54) is 10.8 Å². The van der Waals surface area contributed by atoms with Crippen LogP contribution in [0.25, 0.3) is 27.6 Å². The Bertz CT molecular complexity index is 849. The van der Waals surface area contributed by atoms with Gasteiger partial charge in [0.25, 0.3) is 0 Å². The maximum Gasteiger partial charge on any atom is 0.109 e. The predicted molar refractivity (Wildman–Crippen MR) is 81.5 cm³/mol. The average molecular weight is 262 g/mol. The molecule has 4 rings (SSSR count). The van der Waals surface area contributed by atoms with Gasteiger partial charge in [-0.3, -0.25) is 0 Å². The van der Waals surface area contributed by atoms with Crippen molar-refractivity contribution in [2.45, 2.75) is 12.2 Å². The molecule has 1 aliphatic rings. The minimum absolute atomic E-state index is 0.795. The van der Waals surface area contributed by atoms with Crippen LogP contribution in [0, 0.1) is 0 Å². The average Bonchev–Trinajstić information content (AvgIpc) is 2.50. The van der Waals surface area contributed by atoms with E-state index in [1.54, 1.807) is 6.08 Å². The molecule has 2 atom stereocenters. The molecule has 0 saturated carbocycles. The lowest BCUT2D eigenvalue weighted by Crippen LogP contribution is -2.19. The van der Waals surface area contributed by atoms with Crippen molar-refractivity contribution in [3.8, 4) is 0 Å². The summed E-state index contributed by atoms with van der Waals surface area (Å²) in [6.07, 6.45) is 1.91. The second-order valence-corrected chi connectivity index (χ2v) is 5.25. The monoisotopic (exact) mass is 262 g/mol. The van der Waals surface area contributed by atoms with Crippen molar-refractivity contribution < 1.29 is 10.2 Å². The smallest absolute Gasteiger partial charge is 0.109 e. The Balaban J connectivity index is 2.19. The van der Waals surface area contributed by atoms with Crippen molar-refractivity contribution in [1.29, 1.82) is 0 Å². The molecule has 0 bridgehead atoms. The third-order valence-corrected chi connectivity index (χ3v) is 4.09. The van der Waals surface area contributed by atoms with E-state index >= 15 is 0 Å². The first-order valence-corrected chi connectivity index (χ1v) is 6.74.